The van der Waals surface area contributed by atoms with Crippen LogP contribution < -0.4 is 4.87 Å². The number of imide groups is 1. The number of aromatic amines is 1. The summed E-state index contributed by atoms with van der Waals surface area (Å²) < 4.78 is 0. The minimum Gasteiger partial charge on any atom is -0.508 e. The fourth-order valence-corrected chi connectivity index (χ4v) is 9.63. The van der Waals surface area contributed by atoms with Crippen molar-refractivity contribution in [3.63, 3.8) is 0 Å². The third-order valence-corrected chi connectivity index (χ3v) is 10.4. The van der Waals surface area contributed by atoms with Crippen LogP contribution in [0.5, 0.6) is 5.75 Å². The molecule has 3 fully saturated rings. The third-order valence-electron chi connectivity index (χ3n) is 7.84. The van der Waals surface area contributed by atoms with Gasteiger partial charge in [0.1, 0.15) is 5.75 Å². The second kappa shape index (κ2) is 7.46. The van der Waals surface area contributed by atoms with E-state index in [9.17, 15) is 24.3 Å². The standard InChI is InChI=1S/C23H22N2O6S2/c26-10-5-3-9(4-6-10)14-15-11-8-12(18(15)32-20-19(14)33-23(31)24-20)17-16(11)21(29)25(22(17)30)7-1-2-13(27)28/h3-6,11-12,14-18,26H,1-2,7-8H2,(H,24,31)(H,27,28)/t11-,12-,14+,15-,16-,17+,18-/m1/s1. The highest BCUT2D eigenvalue weighted by molar-refractivity contribution is 8.00. The molecule has 2 aliphatic heterocycles. The van der Waals surface area contributed by atoms with Gasteiger partial charge in [-0.1, -0.05) is 23.5 Å². The largest absolute Gasteiger partial charge is 0.508 e. The number of carboxylic acids is 1. The van der Waals surface area contributed by atoms with Crippen molar-refractivity contribution in [2.24, 2.45) is 29.6 Å². The Bertz CT molecular complexity index is 1220. The maximum absolute atomic E-state index is 13.3. The third kappa shape index (κ3) is 3.03. The molecule has 2 saturated carbocycles. The summed E-state index contributed by atoms with van der Waals surface area (Å²) in [7, 11) is 0. The number of phenolic OH excluding ortho intramolecular Hbond substituents is 1. The molecule has 1 aromatic heterocycles. The molecular weight excluding hydrogens is 464 g/mol. The first kappa shape index (κ1) is 21.0. The minimum atomic E-state index is -0.936. The number of amides is 2. The molecule has 3 N–H and O–H groups in total. The van der Waals surface area contributed by atoms with Crippen molar-refractivity contribution in [3.05, 3.63) is 44.4 Å². The van der Waals surface area contributed by atoms with E-state index in [1.807, 2.05) is 12.1 Å². The summed E-state index contributed by atoms with van der Waals surface area (Å²) in [6, 6.07) is 7.05. The number of H-pyrrole nitrogens is 1. The van der Waals surface area contributed by atoms with Crippen molar-refractivity contribution in [3.8, 4) is 5.75 Å². The van der Waals surface area contributed by atoms with Crippen LogP contribution in [0.1, 0.15) is 35.6 Å². The molecular formula is C23H22N2O6S2. The van der Waals surface area contributed by atoms with E-state index in [4.69, 9.17) is 5.11 Å². The number of carboxylic acid groups (broad SMARTS) is 1. The first-order chi connectivity index (χ1) is 15.8. The van der Waals surface area contributed by atoms with Gasteiger partial charge in [0.05, 0.1) is 16.9 Å². The molecule has 2 amide bonds. The highest BCUT2D eigenvalue weighted by Crippen LogP contribution is 2.68. The number of fused-ring (bicyclic) bond motifs is 9. The Balaban J connectivity index is 1.37. The van der Waals surface area contributed by atoms with E-state index in [1.165, 1.54) is 16.2 Å². The van der Waals surface area contributed by atoms with Gasteiger partial charge in [-0.15, -0.1) is 11.8 Å². The van der Waals surface area contributed by atoms with Gasteiger partial charge >= 0.3 is 10.8 Å². The van der Waals surface area contributed by atoms with E-state index < -0.39 is 5.97 Å². The fraction of sp³-hybridized carbons (Fsp3) is 0.478. The van der Waals surface area contributed by atoms with E-state index >= 15 is 0 Å². The molecule has 2 bridgehead atoms. The summed E-state index contributed by atoms with van der Waals surface area (Å²) in [5.41, 5.74) is 0.999. The molecule has 0 spiro atoms. The highest BCUT2D eigenvalue weighted by Gasteiger charge is 2.69. The number of likely N-dealkylation sites (tertiary alicyclic amines) is 1. The molecule has 2 aromatic rings. The number of nitrogens with one attached hydrogen (secondary N) is 1. The number of aromatic hydroxyl groups is 1. The maximum Gasteiger partial charge on any atom is 0.305 e. The Morgan fingerprint density at radius 3 is 2.48 bits per heavy atom. The first-order valence-electron chi connectivity index (χ1n) is 11.1. The van der Waals surface area contributed by atoms with Crippen LogP contribution in [0.25, 0.3) is 0 Å². The van der Waals surface area contributed by atoms with Crippen molar-refractivity contribution >= 4 is 40.9 Å². The minimum absolute atomic E-state index is 0.0302. The molecule has 1 aromatic carbocycles. The van der Waals surface area contributed by atoms with Gasteiger partial charge in [-0.2, -0.15) is 0 Å². The number of phenols is 1. The number of hydrogen-bond acceptors (Lipinski definition) is 7. The van der Waals surface area contributed by atoms with Crippen LogP contribution in [-0.4, -0.2) is 49.7 Å². The van der Waals surface area contributed by atoms with E-state index in [-0.39, 0.29) is 82.6 Å². The van der Waals surface area contributed by atoms with Crippen molar-refractivity contribution < 1.29 is 24.6 Å². The van der Waals surface area contributed by atoms with Crippen LogP contribution >= 0.6 is 23.1 Å². The normalized spacial score (nSPS) is 33.8. The number of hydrogen-bond donors (Lipinski definition) is 3. The molecule has 7 atom stereocenters. The molecule has 172 valence electrons. The number of thiazole rings is 1. The quantitative estimate of drug-likeness (QED) is 0.554. The number of thioether (sulfide) groups is 1. The molecule has 2 aliphatic carbocycles. The summed E-state index contributed by atoms with van der Waals surface area (Å²) >= 11 is 2.84. The number of carbonyl (C=O) groups is 3. The van der Waals surface area contributed by atoms with Crippen molar-refractivity contribution in [2.45, 2.75) is 35.5 Å². The Morgan fingerprint density at radius 2 is 1.79 bits per heavy atom. The SMILES string of the molecule is O=C(O)CCCN1C(=O)[C@@H]2[C@@H]3C[C@@H]([C@H]4Sc5[nH]c(=O)sc5[C@@H](c5ccc(O)cc5)[C@@H]34)[C@@H]2C1=O. The Kier molecular flexibility index (Phi) is 4.74. The van der Waals surface area contributed by atoms with Gasteiger partial charge in [-0.25, -0.2) is 0 Å². The number of rotatable bonds is 5. The molecule has 4 aliphatic rings. The van der Waals surface area contributed by atoms with Crippen molar-refractivity contribution in [1.82, 2.24) is 9.88 Å². The number of benzene rings is 1. The molecule has 10 heteroatoms. The fourth-order valence-electron chi connectivity index (χ4n) is 6.74. The molecule has 8 nitrogen and oxygen atoms in total. The predicted octanol–water partition coefficient (Wildman–Crippen LogP) is 2.48. The summed E-state index contributed by atoms with van der Waals surface area (Å²) in [5.74, 6) is -1.69. The topological polar surface area (TPSA) is 128 Å². The average Bonchev–Trinajstić information content (AvgIpc) is 3.49. The van der Waals surface area contributed by atoms with Crippen LogP contribution in [0.4, 0.5) is 0 Å². The van der Waals surface area contributed by atoms with Gasteiger partial charge in [0.15, 0.2) is 0 Å². The molecule has 3 heterocycles. The monoisotopic (exact) mass is 486 g/mol. The lowest BCUT2D eigenvalue weighted by Crippen LogP contribution is -2.42. The zero-order chi connectivity index (χ0) is 23.0. The zero-order valence-electron chi connectivity index (χ0n) is 17.5. The second-order valence-electron chi connectivity index (χ2n) is 9.38. The van der Waals surface area contributed by atoms with Gasteiger partial charge < -0.3 is 15.2 Å². The maximum atomic E-state index is 13.3. The van der Waals surface area contributed by atoms with Crippen molar-refractivity contribution in [1.29, 1.82) is 0 Å². The summed E-state index contributed by atoms with van der Waals surface area (Å²) in [4.78, 5) is 54.8. The molecule has 0 radical (unpaired) electrons. The van der Waals surface area contributed by atoms with Gasteiger partial charge in [-0.05, 0) is 48.3 Å². The smallest absolute Gasteiger partial charge is 0.305 e. The van der Waals surface area contributed by atoms with E-state index in [0.717, 1.165) is 21.9 Å². The Hall–Kier alpha value is -2.59. The number of carbonyl (C=O) groups excluding carboxylic acids is 2. The molecule has 1 saturated heterocycles. The molecule has 0 unspecified atom stereocenters. The van der Waals surface area contributed by atoms with Gasteiger partial charge in [0.2, 0.25) is 11.8 Å². The number of aromatic nitrogens is 1. The summed E-state index contributed by atoms with van der Waals surface area (Å²) in [6.07, 6.45) is 1.00. The van der Waals surface area contributed by atoms with Gasteiger partial charge in [0.25, 0.3) is 0 Å². The Labute approximate surface area is 197 Å². The van der Waals surface area contributed by atoms with E-state index in [0.29, 0.717) is 0 Å². The Morgan fingerprint density at radius 1 is 1.09 bits per heavy atom. The van der Waals surface area contributed by atoms with Gasteiger partial charge in [0, 0.05) is 29.0 Å². The first-order valence-corrected chi connectivity index (χ1v) is 12.8. The van der Waals surface area contributed by atoms with Crippen molar-refractivity contribution in [2.75, 3.05) is 6.54 Å². The summed E-state index contributed by atoms with van der Waals surface area (Å²) in [5, 5.41) is 19.7. The molecule has 33 heavy (non-hydrogen) atoms. The van der Waals surface area contributed by atoms with E-state index in [1.54, 1.807) is 23.9 Å². The van der Waals surface area contributed by atoms with Crippen LogP contribution in [0.3, 0.4) is 0 Å². The second-order valence-corrected chi connectivity index (χ2v) is 11.6. The van der Waals surface area contributed by atoms with Crippen LogP contribution in [0.15, 0.2) is 34.1 Å². The molecule has 6 rings (SSSR count). The predicted molar refractivity (Wildman–Crippen MR) is 120 cm³/mol. The van der Waals surface area contributed by atoms with E-state index in [2.05, 4.69) is 4.98 Å². The lowest BCUT2D eigenvalue weighted by Gasteiger charge is -2.43. The van der Waals surface area contributed by atoms with Crippen LogP contribution in [0.2, 0.25) is 0 Å². The number of aliphatic carboxylic acids is 1. The van der Waals surface area contributed by atoms with Crippen LogP contribution in [0, 0.1) is 29.6 Å². The lowest BCUT2D eigenvalue weighted by atomic mass is 9.68. The van der Waals surface area contributed by atoms with Crippen LogP contribution in [-0.2, 0) is 14.4 Å². The lowest BCUT2D eigenvalue weighted by molar-refractivity contribution is -0.142. The highest BCUT2D eigenvalue weighted by atomic mass is 32.2. The number of nitrogens with zero attached hydrogens (tertiary/aromatic N) is 1. The van der Waals surface area contributed by atoms with Gasteiger partial charge in [-0.3, -0.25) is 24.1 Å². The summed E-state index contributed by atoms with van der Waals surface area (Å²) in [6.45, 7) is 0.154. The average molecular weight is 487 g/mol. The zero-order valence-corrected chi connectivity index (χ0v) is 19.1.